The number of carbonyl (C=O) groups excluding carboxylic acids is 1. The summed E-state index contributed by atoms with van der Waals surface area (Å²) >= 11 is 0. The molecule has 0 radical (unpaired) electrons. The maximum Gasteiger partial charge on any atom is 0.254 e. The number of nitrogens with two attached hydrogens (primary N) is 1. The van der Waals surface area contributed by atoms with Crippen molar-refractivity contribution in [3.8, 4) is 11.5 Å². The number of carbonyl (C=O) groups is 1. The van der Waals surface area contributed by atoms with Crippen LogP contribution in [0.25, 0.3) is 17.2 Å². The molecule has 1 aliphatic rings. The summed E-state index contributed by atoms with van der Waals surface area (Å²) in [5.74, 6) is 1.46. The van der Waals surface area contributed by atoms with E-state index in [1.807, 2.05) is 23.1 Å². The molecule has 0 spiro atoms. The van der Waals surface area contributed by atoms with Crippen LogP contribution < -0.4 is 5.73 Å². The Morgan fingerprint density at radius 1 is 1.30 bits per heavy atom. The number of nitrogen functional groups attached to an aromatic ring is 1. The first-order valence-electron chi connectivity index (χ1n) is 9.45. The minimum atomic E-state index is 0.0113. The van der Waals surface area contributed by atoms with Gasteiger partial charge < -0.3 is 10.6 Å². The summed E-state index contributed by atoms with van der Waals surface area (Å²) in [7, 11) is 0. The molecule has 3 aromatic heterocycles. The Balaban J connectivity index is 1.69. The molecule has 2 N–H and O–H groups in total. The molecule has 3 aromatic rings. The maximum absolute atomic E-state index is 13.1. The zero-order valence-corrected chi connectivity index (χ0v) is 15.7. The summed E-state index contributed by atoms with van der Waals surface area (Å²) in [6, 6.07) is 9.26. The first kappa shape index (κ1) is 17.5. The van der Waals surface area contributed by atoms with Crippen LogP contribution in [0.3, 0.4) is 0 Å². The van der Waals surface area contributed by atoms with Gasteiger partial charge in [-0.1, -0.05) is 19.4 Å². The number of pyridine rings is 2. The van der Waals surface area contributed by atoms with Crippen molar-refractivity contribution < 1.29 is 4.79 Å². The molecule has 1 saturated heterocycles. The van der Waals surface area contributed by atoms with E-state index in [0.29, 0.717) is 34.5 Å². The van der Waals surface area contributed by atoms with Gasteiger partial charge in [-0.2, -0.15) is 4.52 Å². The number of anilines is 1. The summed E-state index contributed by atoms with van der Waals surface area (Å²) < 4.78 is 1.55. The van der Waals surface area contributed by atoms with Crippen LogP contribution in [0.4, 0.5) is 5.82 Å². The first-order valence-corrected chi connectivity index (χ1v) is 9.45. The summed E-state index contributed by atoms with van der Waals surface area (Å²) in [5, 5.41) is 4.43. The van der Waals surface area contributed by atoms with Crippen LogP contribution in [-0.2, 0) is 0 Å². The molecule has 7 nitrogen and oxygen atoms in total. The van der Waals surface area contributed by atoms with E-state index in [1.165, 1.54) is 6.42 Å². The minimum absolute atomic E-state index is 0.0113. The Bertz CT molecular complexity index is 967. The van der Waals surface area contributed by atoms with Crippen LogP contribution in [0.15, 0.2) is 36.5 Å². The SMILES string of the molecule is CCC1CCC(C)N(C(=O)c2cc(N)n3nc(-c4ccccn4)nc3c2)C1. The minimum Gasteiger partial charge on any atom is -0.384 e. The van der Waals surface area contributed by atoms with Gasteiger partial charge in [-0.3, -0.25) is 9.78 Å². The summed E-state index contributed by atoms with van der Waals surface area (Å²) in [4.78, 5) is 23.9. The van der Waals surface area contributed by atoms with Crippen molar-refractivity contribution in [1.82, 2.24) is 24.5 Å². The van der Waals surface area contributed by atoms with Gasteiger partial charge in [0.05, 0.1) is 0 Å². The lowest BCUT2D eigenvalue weighted by Gasteiger charge is -2.38. The van der Waals surface area contributed by atoms with Crippen LogP contribution in [0, 0.1) is 5.92 Å². The third kappa shape index (κ3) is 3.25. The molecule has 0 bridgehead atoms. The zero-order chi connectivity index (χ0) is 19.0. The van der Waals surface area contributed by atoms with E-state index in [0.717, 1.165) is 19.4 Å². The fourth-order valence-corrected chi connectivity index (χ4v) is 3.70. The van der Waals surface area contributed by atoms with Gasteiger partial charge in [-0.05, 0) is 49.9 Å². The molecule has 140 valence electrons. The second kappa shape index (κ2) is 6.98. The van der Waals surface area contributed by atoms with E-state index in [1.54, 1.807) is 22.8 Å². The number of hydrogen-bond acceptors (Lipinski definition) is 5. The molecule has 0 saturated carbocycles. The summed E-state index contributed by atoms with van der Waals surface area (Å²) in [6.45, 7) is 5.10. The number of hydrogen-bond donors (Lipinski definition) is 1. The topological polar surface area (TPSA) is 89.4 Å². The van der Waals surface area contributed by atoms with Crippen molar-refractivity contribution in [1.29, 1.82) is 0 Å². The number of likely N-dealkylation sites (tertiary alicyclic amines) is 1. The monoisotopic (exact) mass is 364 g/mol. The van der Waals surface area contributed by atoms with Gasteiger partial charge in [0.25, 0.3) is 5.91 Å². The molecular formula is C20H24N6O. The molecule has 4 heterocycles. The highest BCUT2D eigenvalue weighted by atomic mass is 16.2. The van der Waals surface area contributed by atoms with E-state index in [9.17, 15) is 4.79 Å². The Labute approximate surface area is 158 Å². The fraction of sp³-hybridized carbons (Fsp3) is 0.400. The van der Waals surface area contributed by atoms with E-state index in [4.69, 9.17) is 5.73 Å². The zero-order valence-electron chi connectivity index (χ0n) is 15.7. The summed E-state index contributed by atoms with van der Waals surface area (Å²) in [6.07, 6.45) is 5.01. The quantitative estimate of drug-likeness (QED) is 0.771. The number of nitrogens with zero attached hydrogens (tertiary/aromatic N) is 5. The van der Waals surface area contributed by atoms with Crippen molar-refractivity contribution >= 4 is 17.4 Å². The largest absolute Gasteiger partial charge is 0.384 e. The summed E-state index contributed by atoms with van der Waals surface area (Å²) in [5.41, 5.74) is 7.95. The second-order valence-electron chi connectivity index (χ2n) is 7.25. The van der Waals surface area contributed by atoms with Crippen molar-refractivity contribution in [2.75, 3.05) is 12.3 Å². The number of aromatic nitrogens is 4. The van der Waals surface area contributed by atoms with Crippen molar-refractivity contribution in [3.05, 3.63) is 42.1 Å². The highest BCUT2D eigenvalue weighted by Gasteiger charge is 2.29. The van der Waals surface area contributed by atoms with E-state index >= 15 is 0 Å². The van der Waals surface area contributed by atoms with Gasteiger partial charge in [0.1, 0.15) is 11.5 Å². The van der Waals surface area contributed by atoms with Crippen molar-refractivity contribution in [2.24, 2.45) is 5.92 Å². The number of rotatable bonds is 3. The van der Waals surface area contributed by atoms with Gasteiger partial charge in [-0.15, -0.1) is 5.10 Å². The predicted octanol–water partition coefficient (Wildman–Crippen LogP) is 3.02. The Morgan fingerprint density at radius 2 is 2.15 bits per heavy atom. The van der Waals surface area contributed by atoms with Gasteiger partial charge in [-0.25, -0.2) is 4.98 Å². The van der Waals surface area contributed by atoms with Gasteiger partial charge in [0.15, 0.2) is 5.65 Å². The van der Waals surface area contributed by atoms with Crippen LogP contribution in [0.1, 0.15) is 43.5 Å². The number of piperidine rings is 1. The van der Waals surface area contributed by atoms with Gasteiger partial charge >= 0.3 is 0 Å². The highest BCUT2D eigenvalue weighted by molar-refractivity contribution is 5.96. The highest BCUT2D eigenvalue weighted by Crippen LogP contribution is 2.26. The average Bonchev–Trinajstić information content (AvgIpc) is 3.13. The fourth-order valence-electron chi connectivity index (χ4n) is 3.70. The third-order valence-electron chi connectivity index (χ3n) is 5.42. The molecule has 1 aliphatic heterocycles. The lowest BCUT2D eigenvalue weighted by atomic mass is 9.91. The Kier molecular flexibility index (Phi) is 4.51. The number of amides is 1. The Morgan fingerprint density at radius 3 is 2.89 bits per heavy atom. The first-order chi connectivity index (χ1) is 13.1. The smallest absolute Gasteiger partial charge is 0.254 e. The van der Waals surface area contributed by atoms with Gasteiger partial charge in [0.2, 0.25) is 5.82 Å². The van der Waals surface area contributed by atoms with Crippen LogP contribution in [0.5, 0.6) is 0 Å². The molecule has 2 atom stereocenters. The normalized spacial score (nSPS) is 20.1. The molecule has 1 fully saturated rings. The van der Waals surface area contributed by atoms with Crippen LogP contribution in [-0.4, -0.2) is 43.0 Å². The number of fused-ring (bicyclic) bond motifs is 1. The average molecular weight is 364 g/mol. The van der Waals surface area contributed by atoms with Crippen molar-refractivity contribution in [3.63, 3.8) is 0 Å². The molecule has 2 unspecified atom stereocenters. The van der Waals surface area contributed by atoms with E-state index < -0.39 is 0 Å². The van der Waals surface area contributed by atoms with Crippen LogP contribution >= 0.6 is 0 Å². The molecule has 7 heteroatoms. The molecular weight excluding hydrogens is 340 g/mol. The lowest BCUT2D eigenvalue weighted by molar-refractivity contribution is 0.0556. The van der Waals surface area contributed by atoms with E-state index in [-0.39, 0.29) is 11.9 Å². The molecule has 27 heavy (non-hydrogen) atoms. The predicted molar refractivity (Wildman–Crippen MR) is 104 cm³/mol. The van der Waals surface area contributed by atoms with Crippen LogP contribution in [0.2, 0.25) is 0 Å². The lowest BCUT2D eigenvalue weighted by Crippen LogP contribution is -2.45. The molecule has 0 aliphatic carbocycles. The van der Waals surface area contributed by atoms with E-state index in [2.05, 4.69) is 28.9 Å². The van der Waals surface area contributed by atoms with Crippen molar-refractivity contribution in [2.45, 2.75) is 39.2 Å². The molecule has 4 rings (SSSR count). The molecule has 1 amide bonds. The second-order valence-corrected chi connectivity index (χ2v) is 7.25. The third-order valence-corrected chi connectivity index (χ3v) is 5.42. The standard InChI is InChI=1S/C20H24N6O/c1-3-14-8-7-13(2)25(12-14)20(27)15-10-17(21)26-18(11-15)23-19(24-26)16-6-4-5-9-22-16/h4-6,9-11,13-14H,3,7-8,12,21H2,1-2H3. The Hall–Kier alpha value is -2.96. The molecule has 0 aromatic carbocycles. The maximum atomic E-state index is 13.1. The van der Waals surface area contributed by atoms with Gasteiger partial charge in [0, 0.05) is 24.3 Å².